The minimum absolute atomic E-state index is 0.0318. The molecule has 0 fully saturated rings. The monoisotopic (exact) mass is 667 g/mol. The summed E-state index contributed by atoms with van der Waals surface area (Å²) >= 11 is 0. The minimum atomic E-state index is -0.0822. The number of rotatable bonds is 4. The first-order valence-electron chi connectivity index (χ1n) is 18.9. The SMILES string of the molecule is CC(C)(C)c1cc(C(C)(C)C)c2c(c1)C(C)(C)C1=C2C=CC(N(c2ccc3c(c2)C(C)(C)c2ccccc2-3)c2ccccc2-c2ccccc2)C1. The number of para-hydroxylation sites is 1. The Kier molecular flexibility index (Phi) is 7.52. The van der Waals surface area contributed by atoms with Crippen molar-refractivity contribution in [1.29, 1.82) is 0 Å². The van der Waals surface area contributed by atoms with Crippen LogP contribution in [0, 0.1) is 0 Å². The largest absolute Gasteiger partial charge is 0.334 e. The van der Waals surface area contributed by atoms with Crippen molar-refractivity contribution < 1.29 is 0 Å². The van der Waals surface area contributed by atoms with Gasteiger partial charge in [-0.05, 0) is 96.7 Å². The average molecular weight is 668 g/mol. The van der Waals surface area contributed by atoms with Gasteiger partial charge in [0.25, 0.3) is 0 Å². The van der Waals surface area contributed by atoms with E-state index in [1.165, 1.54) is 72.6 Å². The van der Waals surface area contributed by atoms with Gasteiger partial charge in [-0.25, -0.2) is 0 Å². The number of anilines is 2. The van der Waals surface area contributed by atoms with E-state index >= 15 is 0 Å². The van der Waals surface area contributed by atoms with Crippen LogP contribution in [0.5, 0.6) is 0 Å². The number of hydrogen-bond acceptors (Lipinski definition) is 1. The molecular weight excluding hydrogens is 615 g/mol. The Morgan fingerprint density at radius 3 is 1.94 bits per heavy atom. The van der Waals surface area contributed by atoms with Gasteiger partial charge in [0, 0.05) is 27.8 Å². The molecule has 0 heterocycles. The predicted octanol–water partition coefficient (Wildman–Crippen LogP) is 13.5. The fourth-order valence-corrected chi connectivity index (χ4v) is 9.21. The maximum absolute atomic E-state index is 2.65. The molecule has 0 aliphatic heterocycles. The van der Waals surface area contributed by atoms with Gasteiger partial charge in [-0.2, -0.15) is 0 Å². The van der Waals surface area contributed by atoms with E-state index in [9.17, 15) is 0 Å². The summed E-state index contributed by atoms with van der Waals surface area (Å²) in [7, 11) is 0. The van der Waals surface area contributed by atoms with Gasteiger partial charge in [0.1, 0.15) is 0 Å². The van der Waals surface area contributed by atoms with Crippen LogP contribution in [-0.2, 0) is 21.7 Å². The molecule has 3 aliphatic rings. The van der Waals surface area contributed by atoms with E-state index in [1.807, 2.05) is 0 Å². The molecule has 0 aromatic heterocycles. The van der Waals surface area contributed by atoms with Crippen molar-refractivity contribution >= 4 is 16.9 Å². The topological polar surface area (TPSA) is 3.24 Å². The van der Waals surface area contributed by atoms with Crippen molar-refractivity contribution in [3.63, 3.8) is 0 Å². The third-order valence-corrected chi connectivity index (χ3v) is 12.2. The number of benzene rings is 5. The van der Waals surface area contributed by atoms with Gasteiger partial charge in [0.2, 0.25) is 0 Å². The van der Waals surface area contributed by atoms with E-state index in [0.29, 0.717) is 0 Å². The van der Waals surface area contributed by atoms with Gasteiger partial charge in [-0.3, -0.25) is 0 Å². The number of allylic oxidation sites excluding steroid dienone is 2. The van der Waals surface area contributed by atoms with Crippen LogP contribution in [0.25, 0.3) is 27.8 Å². The van der Waals surface area contributed by atoms with Crippen molar-refractivity contribution in [2.75, 3.05) is 4.90 Å². The van der Waals surface area contributed by atoms with Crippen molar-refractivity contribution in [1.82, 2.24) is 0 Å². The molecule has 0 saturated carbocycles. The number of nitrogens with zero attached hydrogens (tertiary/aromatic N) is 1. The zero-order valence-corrected chi connectivity index (χ0v) is 32.3. The van der Waals surface area contributed by atoms with Crippen molar-refractivity contribution in [3.05, 3.63) is 160 Å². The highest BCUT2D eigenvalue weighted by atomic mass is 15.2. The van der Waals surface area contributed by atoms with Crippen LogP contribution in [0.1, 0.15) is 109 Å². The Morgan fingerprint density at radius 1 is 0.588 bits per heavy atom. The Morgan fingerprint density at radius 2 is 1.24 bits per heavy atom. The molecule has 51 heavy (non-hydrogen) atoms. The summed E-state index contributed by atoms with van der Waals surface area (Å²) in [6.45, 7) is 23.9. The highest BCUT2D eigenvalue weighted by molar-refractivity contribution is 5.91. The molecule has 0 spiro atoms. The first-order chi connectivity index (χ1) is 24.1. The van der Waals surface area contributed by atoms with Gasteiger partial charge in [0.05, 0.1) is 6.04 Å². The molecule has 0 saturated heterocycles. The molecular formula is C50H53N. The van der Waals surface area contributed by atoms with Gasteiger partial charge < -0.3 is 4.90 Å². The molecule has 1 atom stereocenters. The van der Waals surface area contributed by atoms with Crippen LogP contribution in [0.4, 0.5) is 11.4 Å². The molecule has 0 bridgehead atoms. The summed E-state index contributed by atoms with van der Waals surface area (Å²) in [5.41, 5.74) is 19.3. The maximum atomic E-state index is 2.65. The van der Waals surface area contributed by atoms with E-state index in [2.05, 4.69) is 195 Å². The second-order valence-electron chi connectivity index (χ2n) is 18.2. The van der Waals surface area contributed by atoms with Crippen molar-refractivity contribution in [2.45, 2.75) is 103 Å². The molecule has 1 unspecified atom stereocenters. The second kappa shape index (κ2) is 11.4. The molecule has 3 aliphatic carbocycles. The fourth-order valence-electron chi connectivity index (χ4n) is 9.21. The summed E-state index contributed by atoms with van der Waals surface area (Å²) in [5, 5.41) is 0. The molecule has 5 aromatic carbocycles. The van der Waals surface area contributed by atoms with Crippen molar-refractivity contribution in [3.8, 4) is 22.3 Å². The summed E-state index contributed by atoms with van der Waals surface area (Å²) in [5.74, 6) is 0. The lowest BCUT2D eigenvalue weighted by molar-refractivity contribution is 0.553. The lowest BCUT2D eigenvalue weighted by Gasteiger charge is -2.38. The maximum Gasteiger partial charge on any atom is 0.0563 e. The lowest BCUT2D eigenvalue weighted by Crippen LogP contribution is -2.34. The molecule has 258 valence electrons. The van der Waals surface area contributed by atoms with Crippen LogP contribution in [0.15, 0.2) is 127 Å². The number of hydrogen-bond donors (Lipinski definition) is 0. The highest BCUT2D eigenvalue weighted by Crippen LogP contribution is 2.56. The molecule has 8 rings (SSSR count). The Hall–Kier alpha value is -4.62. The Labute approximate surface area is 306 Å². The first-order valence-corrected chi connectivity index (χ1v) is 18.9. The summed E-state index contributed by atoms with van der Waals surface area (Å²) in [4.78, 5) is 2.65. The van der Waals surface area contributed by atoms with E-state index in [0.717, 1.165) is 6.42 Å². The van der Waals surface area contributed by atoms with Crippen LogP contribution in [0.2, 0.25) is 0 Å². The second-order valence-corrected chi connectivity index (χ2v) is 18.2. The Bertz CT molecular complexity index is 2240. The minimum Gasteiger partial charge on any atom is -0.334 e. The van der Waals surface area contributed by atoms with E-state index in [-0.39, 0.29) is 27.7 Å². The highest BCUT2D eigenvalue weighted by Gasteiger charge is 2.44. The van der Waals surface area contributed by atoms with Crippen LogP contribution < -0.4 is 4.90 Å². The van der Waals surface area contributed by atoms with E-state index < -0.39 is 0 Å². The standard InChI is InChI=1S/C50H53N/c1-47(2,3)33-28-43(48(4,5)6)46-39-27-25-35(31-42(39)50(9,10)44(46)29-33)51(45-23-17-15-20-36(45)32-18-12-11-13-19-32)34-24-26-38-37-21-14-16-22-40(37)49(7,8)41(38)30-34/h11-30,35H,31H2,1-10H3. The van der Waals surface area contributed by atoms with Crippen LogP contribution >= 0.6 is 0 Å². The summed E-state index contributed by atoms with van der Waals surface area (Å²) < 4.78 is 0. The third kappa shape index (κ3) is 5.26. The van der Waals surface area contributed by atoms with Crippen LogP contribution in [-0.4, -0.2) is 6.04 Å². The molecule has 0 radical (unpaired) electrons. The molecule has 1 nitrogen and oxygen atoms in total. The van der Waals surface area contributed by atoms with Gasteiger partial charge >= 0.3 is 0 Å². The smallest absolute Gasteiger partial charge is 0.0563 e. The number of fused-ring (bicyclic) bond motifs is 5. The Balaban J connectivity index is 1.30. The third-order valence-electron chi connectivity index (χ3n) is 12.2. The van der Waals surface area contributed by atoms with Crippen molar-refractivity contribution in [2.24, 2.45) is 0 Å². The quantitative estimate of drug-likeness (QED) is 0.184. The molecule has 0 N–H and O–H groups in total. The molecule has 0 amide bonds. The van der Waals surface area contributed by atoms with Gasteiger partial charge in [0.15, 0.2) is 0 Å². The first kappa shape index (κ1) is 33.5. The zero-order chi connectivity index (χ0) is 36.1. The lowest BCUT2D eigenvalue weighted by atomic mass is 9.73. The molecule has 5 aromatic rings. The summed E-state index contributed by atoms with van der Waals surface area (Å²) in [6.07, 6.45) is 5.95. The average Bonchev–Trinajstić information content (AvgIpc) is 3.47. The van der Waals surface area contributed by atoms with Gasteiger partial charge in [-0.1, -0.05) is 172 Å². The fraction of sp³-hybridized carbons (Fsp3) is 0.320. The normalized spacial score (nSPS) is 18.3. The van der Waals surface area contributed by atoms with E-state index in [4.69, 9.17) is 0 Å². The zero-order valence-electron chi connectivity index (χ0n) is 32.3. The van der Waals surface area contributed by atoms with E-state index in [1.54, 1.807) is 5.57 Å². The molecule has 1 heteroatoms. The predicted molar refractivity (Wildman–Crippen MR) is 219 cm³/mol. The van der Waals surface area contributed by atoms with Gasteiger partial charge in [-0.15, -0.1) is 0 Å². The summed E-state index contributed by atoms with van der Waals surface area (Å²) in [6, 6.07) is 41.3. The van der Waals surface area contributed by atoms with Crippen LogP contribution in [0.3, 0.4) is 0 Å².